The number of hydrogen-bond acceptors (Lipinski definition) is 3. The van der Waals surface area contributed by atoms with Gasteiger partial charge in [0.2, 0.25) is 11.8 Å². The second kappa shape index (κ2) is 8.59. The van der Waals surface area contributed by atoms with Crippen molar-refractivity contribution >= 4 is 5.91 Å². The van der Waals surface area contributed by atoms with Crippen LogP contribution in [0, 0.1) is 11.6 Å². The van der Waals surface area contributed by atoms with Crippen molar-refractivity contribution < 1.29 is 31.5 Å². The lowest BCUT2D eigenvalue weighted by Gasteiger charge is -2.12. The van der Waals surface area contributed by atoms with Crippen LogP contribution in [0.5, 0.6) is 5.88 Å². The van der Waals surface area contributed by atoms with E-state index in [2.05, 4.69) is 15.0 Å². The molecule has 4 nitrogen and oxygen atoms in total. The van der Waals surface area contributed by atoms with Gasteiger partial charge in [0.15, 0.2) is 18.2 Å². The fourth-order valence-corrected chi connectivity index (χ4v) is 2.07. The number of ether oxygens (including phenoxy) is 1. The van der Waals surface area contributed by atoms with Crippen molar-refractivity contribution in [3.63, 3.8) is 0 Å². The Morgan fingerprint density at radius 2 is 1.92 bits per heavy atom. The maximum Gasteiger partial charge on any atom is 0.422 e. The number of pyridine rings is 1. The molecule has 0 bridgehead atoms. The summed E-state index contributed by atoms with van der Waals surface area (Å²) in [5.74, 6) is -2.59. The molecule has 0 spiro atoms. The van der Waals surface area contributed by atoms with E-state index in [9.17, 15) is 26.7 Å². The van der Waals surface area contributed by atoms with Gasteiger partial charge in [-0.3, -0.25) is 4.79 Å². The minimum absolute atomic E-state index is 0.00404. The topological polar surface area (TPSA) is 51.2 Å². The zero-order valence-electron chi connectivity index (χ0n) is 13.4. The number of halogens is 5. The van der Waals surface area contributed by atoms with Crippen LogP contribution in [0.1, 0.15) is 17.5 Å². The van der Waals surface area contributed by atoms with Crippen molar-refractivity contribution in [2.24, 2.45) is 0 Å². The van der Waals surface area contributed by atoms with E-state index >= 15 is 0 Å². The first-order chi connectivity index (χ1) is 12.2. The molecule has 0 atom stereocenters. The molecule has 0 unspecified atom stereocenters. The second-order valence-corrected chi connectivity index (χ2v) is 5.40. The highest BCUT2D eigenvalue weighted by molar-refractivity contribution is 5.76. The molecule has 2 aromatic rings. The van der Waals surface area contributed by atoms with Gasteiger partial charge in [-0.05, 0) is 30.2 Å². The van der Waals surface area contributed by atoms with Gasteiger partial charge in [-0.2, -0.15) is 13.2 Å². The van der Waals surface area contributed by atoms with Gasteiger partial charge in [-0.15, -0.1) is 0 Å². The Hall–Kier alpha value is -2.71. The Bertz CT molecular complexity index is 765. The molecule has 2 rings (SSSR count). The number of aryl methyl sites for hydroxylation is 1. The molecule has 0 fully saturated rings. The monoisotopic (exact) mass is 374 g/mol. The molecule has 9 heteroatoms. The maximum absolute atomic E-state index is 13.1. The van der Waals surface area contributed by atoms with Crippen LogP contribution >= 0.6 is 0 Å². The van der Waals surface area contributed by atoms with Crippen LogP contribution in [0.4, 0.5) is 22.0 Å². The number of nitrogens with zero attached hydrogens (tertiary/aromatic N) is 1. The normalized spacial score (nSPS) is 11.3. The summed E-state index contributed by atoms with van der Waals surface area (Å²) in [5, 5.41) is 2.52. The summed E-state index contributed by atoms with van der Waals surface area (Å²) in [6, 6.07) is 6.34. The third kappa shape index (κ3) is 6.30. The molecule has 0 aliphatic rings. The summed E-state index contributed by atoms with van der Waals surface area (Å²) in [4.78, 5) is 15.6. The minimum Gasteiger partial charge on any atom is -0.468 e. The Balaban J connectivity index is 1.86. The average molecular weight is 374 g/mol. The van der Waals surface area contributed by atoms with Crippen molar-refractivity contribution in [3.05, 3.63) is 59.3 Å². The summed E-state index contributed by atoms with van der Waals surface area (Å²) in [6.07, 6.45) is -3.03. The fraction of sp³-hybridized carbons (Fsp3) is 0.294. The molecule has 0 aliphatic carbocycles. The van der Waals surface area contributed by atoms with Crippen molar-refractivity contribution in [2.45, 2.75) is 25.6 Å². The first-order valence-electron chi connectivity index (χ1n) is 7.58. The first-order valence-corrected chi connectivity index (χ1v) is 7.58. The minimum atomic E-state index is -4.50. The number of benzene rings is 1. The SMILES string of the molecule is O=C(CCc1ccc(F)c(F)c1)NCc1cccnc1OCC(F)(F)F. The Labute approximate surface area is 146 Å². The first kappa shape index (κ1) is 19.6. The van der Waals surface area contributed by atoms with E-state index in [1.807, 2.05) is 0 Å². The number of hydrogen-bond donors (Lipinski definition) is 1. The number of nitrogens with one attached hydrogen (secondary N) is 1. The Kier molecular flexibility index (Phi) is 6.48. The van der Waals surface area contributed by atoms with Crippen LogP contribution in [0.3, 0.4) is 0 Å². The van der Waals surface area contributed by atoms with Gasteiger partial charge in [0, 0.05) is 24.7 Å². The lowest BCUT2D eigenvalue weighted by atomic mass is 10.1. The third-order valence-corrected chi connectivity index (χ3v) is 3.32. The number of aromatic nitrogens is 1. The molecule has 1 aromatic carbocycles. The smallest absolute Gasteiger partial charge is 0.422 e. The summed E-state index contributed by atoms with van der Waals surface area (Å²) < 4.78 is 67.2. The zero-order valence-corrected chi connectivity index (χ0v) is 13.4. The predicted octanol–water partition coefficient (Wildman–Crippen LogP) is 3.55. The van der Waals surface area contributed by atoms with E-state index in [1.54, 1.807) is 0 Å². The molecular weight excluding hydrogens is 359 g/mol. The van der Waals surface area contributed by atoms with Crippen LogP contribution in [0.15, 0.2) is 36.5 Å². The van der Waals surface area contributed by atoms with Gasteiger partial charge in [-0.1, -0.05) is 12.1 Å². The van der Waals surface area contributed by atoms with Crippen molar-refractivity contribution in [3.8, 4) is 5.88 Å². The van der Waals surface area contributed by atoms with E-state index in [4.69, 9.17) is 0 Å². The highest BCUT2D eigenvalue weighted by atomic mass is 19.4. The van der Waals surface area contributed by atoms with Gasteiger partial charge < -0.3 is 10.1 Å². The van der Waals surface area contributed by atoms with Crippen LogP contribution in [0.25, 0.3) is 0 Å². The molecule has 1 N–H and O–H groups in total. The van der Waals surface area contributed by atoms with Crippen molar-refractivity contribution in [2.75, 3.05) is 6.61 Å². The molecule has 140 valence electrons. The van der Waals surface area contributed by atoms with Crippen LogP contribution in [-0.2, 0) is 17.8 Å². The number of alkyl halides is 3. The summed E-state index contributed by atoms with van der Waals surface area (Å²) in [6.45, 7) is -1.56. The van der Waals surface area contributed by atoms with Crippen molar-refractivity contribution in [1.82, 2.24) is 10.3 Å². The van der Waals surface area contributed by atoms with E-state index < -0.39 is 30.3 Å². The molecular formula is C17H15F5N2O2. The largest absolute Gasteiger partial charge is 0.468 e. The average Bonchev–Trinajstić information content (AvgIpc) is 2.59. The summed E-state index contributed by atoms with van der Waals surface area (Å²) >= 11 is 0. The molecule has 0 radical (unpaired) electrons. The molecule has 1 aromatic heterocycles. The van der Waals surface area contributed by atoms with Gasteiger partial charge in [-0.25, -0.2) is 13.8 Å². The van der Waals surface area contributed by atoms with Gasteiger partial charge in [0.25, 0.3) is 0 Å². The zero-order chi connectivity index (χ0) is 19.2. The number of carbonyl (C=O) groups is 1. The molecule has 1 heterocycles. The van der Waals surface area contributed by atoms with Crippen molar-refractivity contribution in [1.29, 1.82) is 0 Å². The van der Waals surface area contributed by atoms with Gasteiger partial charge >= 0.3 is 6.18 Å². The maximum atomic E-state index is 13.1. The Morgan fingerprint density at radius 3 is 2.62 bits per heavy atom. The van der Waals surface area contributed by atoms with E-state index in [1.165, 1.54) is 24.4 Å². The third-order valence-electron chi connectivity index (χ3n) is 3.32. The lowest BCUT2D eigenvalue weighted by Crippen LogP contribution is -2.24. The van der Waals surface area contributed by atoms with E-state index in [-0.39, 0.29) is 30.8 Å². The number of amides is 1. The van der Waals surface area contributed by atoms with E-state index in [0.717, 1.165) is 12.1 Å². The van der Waals surface area contributed by atoms with E-state index in [0.29, 0.717) is 5.56 Å². The highest BCUT2D eigenvalue weighted by Crippen LogP contribution is 2.20. The van der Waals surface area contributed by atoms with Gasteiger partial charge in [0.05, 0.1) is 0 Å². The van der Waals surface area contributed by atoms with Crippen LogP contribution in [0.2, 0.25) is 0 Å². The van der Waals surface area contributed by atoms with Crippen LogP contribution < -0.4 is 10.1 Å². The quantitative estimate of drug-likeness (QED) is 0.754. The molecule has 26 heavy (non-hydrogen) atoms. The standard InChI is InChI=1S/C17H15F5N2O2/c18-13-5-3-11(8-14(13)19)4-6-15(25)24-9-12-2-1-7-23-16(12)26-10-17(20,21)22/h1-3,5,7-8H,4,6,9-10H2,(H,24,25). The second-order valence-electron chi connectivity index (χ2n) is 5.40. The molecule has 1 amide bonds. The molecule has 0 aliphatic heterocycles. The summed E-state index contributed by atoms with van der Waals surface area (Å²) in [7, 11) is 0. The Morgan fingerprint density at radius 1 is 1.15 bits per heavy atom. The lowest BCUT2D eigenvalue weighted by molar-refractivity contribution is -0.154. The molecule has 0 saturated heterocycles. The molecule has 0 saturated carbocycles. The van der Waals surface area contributed by atoms with Crippen LogP contribution in [-0.4, -0.2) is 23.7 Å². The number of carbonyl (C=O) groups excluding carboxylic acids is 1. The predicted molar refractivity (Wildman–Crippen MR) is 82.3 cm³/mol. The number of rotatable bonds is 7. The highest BCUT2D eigenvalue weighted by Gasteiger charge is 2.29. The fourth-order valence-electron chi connectivity index (χ4n) is 2.07. The summed E-state index contributed by atoms with van der Waals surface area (Å²) in [5.41, 5.74) is 0.743. The van der Waals surface area contributed by atoms with Gasteiger partial charge in [0.1, 0.15) is 0 Å².